The average Bonchev–Trinajstić information content (AvgIpc) is 2.76. The lowest BCUT2D eigenvalue weighted by atomic mass is 10.2. The fourth-order valence-corrected chi connectivity index (χ4v) is 3.10. The van der Waals surface area contributed by atoms with Gasteiger partial charge in [0.05, 0.1) is 6.61 Å². The first kappa shape index (κ1) is 19.7. The number of ether oxygens (including phenoxy) is 1. The molecule has 0 atom stereocenters. The van der Waals surface area contributed by atoms with Crippen LogP contribution in [0.25, 0.3) is 6.08 Å². The number of amides is 2. The van der Waals surface area contributed by atoms with Gasteiger partial charge in [0.1, 0.15) is 5.75 Å². The van der Waals surface area contributed by atoms with E-state index in [2.05, 4.69) is 0 Å². The van der Waals surface area contributed by atoms with Gasteiger partial charge >= 0.3 is 0 Å². The molecule has 0 radical (unpaired) electrons. The Labute approximate surface area is 166 Å². The molecule has 0 aromatic heterocycles. The van der Waals surface area contributed by atoms with Crippen LogP contribution in [0.4, 0.5) is 0 Å². The molecule has 1 heterocycles. The molecule has 0 spiro atoms. The van der Waals surface area contributed by atoms with Crippen molar-refractivity contribution in [3.8, 4) is 5.75 Å². The Morgan fingerprint density at radius 2 is 1.46 bits per heavy atom. The fourth-order valence-electron chi connectivity index (χ4n) is 3.10. The molecule has 0 unspecified atom stereocenters. The van der Waals surface area contributed by atoms with E-state index in [0.717, 1.165) is 11.3 Å². The number of piperazine rings is 1. The van der Waals surface area contributed by atoms with Crippen LogP contribution < -0.4 is 4.74 Å². The van der Waals surface area contributed by atoms with Crippen LogP contribution in [0.1, 0.15) is 18.4 Å². The van der Waals surface area contributed by atoms with Crippen molar-refractivity contribution in [1.82, 2.24) is 9.80 Å². The quantitative estimate of drug-likeness (QED) is 0.549. The first-order valence-corrected chi connectivity index (χ1v) is 9.70. The summed E-state index contributed by atoms with van der Waals surface area (Å²) < 4.78 is 5.62. The summed E-state index contributed by atoms with van der Waals surface area (Å²) in [5.74, 6) is 0.946. The predicted octanol–water partition coefficient (Wildman–Crippen LogP) is 3.23. The third-order valence-electron chi connectivity index (χ3n) is 4.71. The highest BCUT2D eigenvalue weighted by molar-refractivity contribution is 5.92. The molecule has 0 bridgehead atoms. The molecule has 5 nitrogen and oxygen atoms in total. The Bertz CT molecular complexity index is 782. The molecule has 0 aliphatic carbocycles. The van der Waals surface area contributed by atoms with Gasteiger partial charge in [0.25, 0.3) is 0 Å². The maximum Gasteiger partial charge on any atom is 0.246 e. The van der Waals surface area contributed by atoms with E-state index in [1.807, 2.05) is 71.6 Å². The largest absolute Gasteiger partial charge is 0.494 e. The summed E-state index contributed by atoms with van der Waals surface area (Å²) in [5, 5.41) is 0. The van der Waals surface area contributed by atoms with Gasteiger partial charge in [0.15, 0.2) is 0 Å². The molecule has 28 heavy (non-hydrogen) atoms. The van der Waals surface area contributed by atoms with Crippen molar-refractivity contribution in [2.75, 3.05) is 32.8 Å². The Morgan fingerprint density at radius 1 is 0.857 bits per heavy atom. The Balaban J connectivity index is 1.35. The normalized spacial score (nSPS) is 14.3. The van der Waals surface area contributed by atoms with Crippen LogP contribution in [-0.4, -0.2) is 54.4 Å². The van der Waals surface area contributed by atoms with Crippen molar-refractivity contribution < 1.29 is 14.3 Å². The van der Waals surface area contributed by atoms with E-state index in [1.165, 1.54) is 0 Å². The van der Waals surface area contributed by atoms with Gasteiger partial charge in [0.2, 0.25) is 11.8 Å². The lowest BCUT2D eigenvalue weighted by Gasteiger charge is -2.34. The van der Waals surface area contributed by atoms with E-state index in [-0.39, 0.29) is 11.8 Å². The number of benzene rings is 2. The fraction of sp³-hybridized carbons (Fsp3) is 0.304. The molecule has 1 aliphatic rings. The lowest BCUT2D eigenvalue weighted by Crippen LogP contribution is -2.50. The zero-order valence-electron chi connectivity index (χ0n) is 16.0. The standard InChI is InChI=1S/C23H26N2O3/c26-22(12-7-19-28-21-10-5-2-6-11-21)24-15-17-25(18-16-24)23(27)14-13-20-8-3-1-4-9-20/h1-6,8-11,13-14H,7,12,15-19H2/b14-13+. The molecule has 2 aromatic carbocycles. The van der Waals surface area contributed by atoms with Gasteiger partial charge in [-0.05, 0) is 30.2 Å². The van der Waals surface area contributed by atoms with E-state index in [0.29, 0.717) is 45.6 Å². The van der Waals surface area contributed by atoms with Gasteiger partial charge in [-0.3, -0.25) is 9.59 Å². The molecule has 5 heteroatoms. The van der Waals surface area contributed by atoms with Crippen molar-refractivity contribution in [2.24, 2.45) is 0 Å². The molecule has 0 N–H and O–H groups in total. The van der Waals surface area contributed by atoms with Crippen molar-refractivity contribution >= 4 is 17.9 Å². The second kappa shape index (κ2) is 10.3. The number of hydrogen-bond acceptors (Lipinski definition) is 3. The van der Waals surface area contributed by atoms with Crippen LogP contribution in [0.2, 0.25) is 0 Å². The zero-order chi connectivity index (χ0) is 19.6. The van der Waals surface area contributed by atoms with Crippen molar-refractivity contribution in [3.05, 3.63) is 72.3 Å². The summed E-state index contributed by atoms with van der Waals surface area (Å²) >= 11 is 0. The zero-order valence-corrected chi connectivity index (χ0v) is 16.0. The Morgan fingerprint density at radius 3 is 2.14 bits per heavy atom. The highest BCUT2D eigenvalue weighted by atomic mass is 16.5. The topological polar surface area (TPSA) is 49.9 Å². The second-order valence-electron chi connectivity index (χ2n) is 6.72. The van der Waals surface area contributed by atoms with E-state index in [1.54, 1.807) is 11.0 Å². The molecule has 1 aliphatic heterocycles. The minimum atomic E-state index is -0.00721. The molecule has 1 fully saturated rings. The van der Waals surface area contributed by atoms with Gasteiger partial charge < -0.3 is 14.5 Å². The molecule has 0 saturated carbocycles. The van der Waals surface area contributed by atoms with Gasteiger partial charge in [-0.1, -0.05) is 48.5 Å². The first-order valence-electron chi connectivity index (χ1n) is 9.70. The summed E-state index contributed by atoms with van der Waals surface area (Å²) in [6.45, 7) is 2.85. The highest BCUT2D eigenvalue weighted by Gasteiger charge is 2.22. The molecule has 146 valence electrons. The Kier molecular flexibility index (Phi) is 7.24. The van der Waals surface area contributed by atoms with E-state index in [4.69, 9.17) is 4.74 Å². The summed E-state index contributed by atoms with van der Waals surface area (Å²) in [4.78, 5) is 28.3. The summed E-state index contributed by atoms with van der Waals surface area (Å²) in [6.07, 6.45) is 4.59. The van der Waals surface area contributed by atoms with Crippen LogP contribution in [0, 0.1) is 0 Å². The SMILES string of the molecule is O=C(/C=C/c1ccccc1)N1CCN(C(=O)CCCOc2ccccc2)CC1. The maximum absolute atomic E-state index is 12.3. The van der Waals surface area contributed by atoms with E-state index in [9.17, 15) is 9.59 Å². The van der Waals surface area contributed by atoms with Crippen LogP contribution in [0.15, 0.2) is 66.7 Å². The number of para-hydroxylation sites is 1. The van der Waals surface area contributed by atoms with Gasteiger partial charge in [-0.15, -0.1) is 0 Å². The minimum absolute atomic E-state index is 0.00721. The summed E-state index contributed by atoms with van der Waals surface area (Å²) in [5.41, 5.74) is 1.00. The first-order chi connectivity index (χ1) is 13.7. The maximum atomic E-state index is 12.3. The van der Waals surface area contributed by atoms with Gasteiger partial charge in [-0.2, -0.15) is 0 Å². The summed E-state index contributed by atoms with van der Waals surface area (Å²) in [6, 6.07) is 19.4. The van der Waals surface area contributed by atoms with Gasteiger partial charge in [-0.25, -0.2) is 0 Å². The number of carbonyl (C=O) groups excluding carboxylic acids is 2. The molecule has 2 aromatic rings. The average molecular weight is 378 g/mol. The Hall–Kier alpha value is -3.08. The number of nitrogens with zero attached hydrogens (tertiary/aromatic N) is 2. The predicted molar refractivity (Wildman–Crippen MR) is 110 cm³/mol. The number of carbonyl (C=O) groups is 2. The second-order valence-corrected chi connectivity index (χ2v) is 6.72. The van der Waals surface area contributed by atoms with Crippen LogP contribution in [-0.2, 0) is 9.59 Å². The monoisotopic (exact) mass is 378 g/mol. The lowest BCUT2D eigenvalue weighted by molar-refractivity contribution is -0.137. The smallest absolute Gasteiger partial charge is 0.246 e. The minimum Gasteiger partial charge on any atom is -0.494 e. The highest BCUT2D eigenvalue weighted by Crippen LogP contribution is 2.10. The molecule has 2 amide bonds. The van der Waals surface area contributed by atoms with Crippen LogP contribution in [0.5, 0.6) is 5.75 Å². The van der Waals surface area contributed by atoms with E-state index < -0.39 is 0 Å². The number of rotatable bonds is 7. The third-order valence-corrected chi connectivity index (χ3v) is 4.71. The third kappa shape index (κ3) is 5.98. The van der Waals surface area contributed by atoms with Crippen molar-refractivity contribution in [3.63, 3.8) is 0 Å². The van der Waals surface area contributed by atoms with Crippen LogP contribution in [0.3, 0.4) is 0 Å². The van der Waals surface area contributed by atoms with Crippen molar-refractivity contribution in [1.29, 1.82) is 0 Å². The molecule has 3 rings (SSSR count). The van der Waals surface area contributed by atoms with Gasteiger partial charge in [0, 0.05) is 38.7 Å². The van der Waals surface area contributed by atoms with E-state index >= 15 is 0 Å². The molecule has 1 saturated heterocycles. The van der Waals surface area contributed by atoms with Crippen LogP contribution >= 0.6 is 0 Å². The van der Waals surface area contributed by atoms with Crippen molar-refractivity contribution in [2.45, 2.75) is 12.8 Å². The number of hydrogen-bond donors (Lipinski definition) is 0. The molecular formula is C23H26N2O3. The molecular weight excluding hydrogens is 352 g/mol. The summed E-state index contributed by atoms with van der Waals surface area (Å²) in [7, 11) is 0.